The summed E-state index contributed by atoms with van der Waals surface area (Å²) >= 11 is 5.38. The van der Waals surface area contributed by atoms with Gasteiger partial charge in [-0.05, 0) is 12.1 Å². The zero-order valence-electron chi connectivity index (χ0n) is 5.60. The number of nitrogens with zero attached hydrogens (tertiary/aromatic N) is 1. The molecule has 0 radical (unpaired) electrons. The average molecular weight is 178 g/mol. The van der Waals surface area contributed by atoms with E-state index in [4.69, 9.17) is 11.6 Å². The van der Waals surface area contributed by atoms with Crippen molar-refractivity contribution in [3.05, 3.63) is 29.6 Å². The van der Waals surface area contributed by atoms with Crippen LogP contribution in [-0.2, 0) is 5.88 Å². The third-order valence-electron chi connectivity index (χ3n) is 1.29. The lowest BCUT2D eigenvalue weighted by Crippen LogP contribution is -1.94. The molecule has 0 amide bonds. The quantitative estimate of drug-likeness (QED) is 0.633. The van der Waals surface area contributed by atoms with Crippen molar-refractivity contribution in [3.63, 3.8) is 0 Å². The average Bonchev–Trinajstić information content (AvgIpc) is 2.04. The molecule has 1 heterocycles. The minimum atomic E-state index is -2.49. The lowest BCUT2D eigenvalue weighted by atomic mass is 10.2. The highest BCUT2D eigenvalue weighted by molar-refractivity contribution is 6.17. The van der Waals surface area contributed by atoms with Crippen LogP contribution in [0.25, 0.3) is 0 Å². The zero-order valence-corrected chi connectivity index (χ0v) is 6.35. The van der Waals surface area contributed by atoms with Gasteiger partial charge in [-0.15, -0.1) is 11.6 Å². The normalized spacial score (nSPS) is 10.5. The van der Waals surface area contributed by atoms with Crippen molar-refractivity contribution in [3.8, 4) is 0 Å². The fraction of sp³-hybridized carbons (Fsp3) is 0.286. The lowest BCUT2D eigenvalue weighted by Gasteiger charge is -2.02. The smallest absolute Gasteiger partial charge is 0.260 e. The van der Waals surface area contributed by atoms with Gasteiger partial charge in [0.25, 0.3) is 6.43 Å². The fourth-order valence-corrected chi connectivity index (χ4v) is 0.984. The molecule has 4 heteroatoms. The van der Waals surface area contributed by atoms with E-state index in [-0.39, 0.29) is 17.1 Å². The number of pyridine rings is 1. The first-order valence-corrected chi connectivity index (χ1v) is 3.57. The number of aromatic nitrogens is 1. The Kier molecular flexibility index (Phi) is 2.76. The molecule has 0 aliphatic rings. The SMILES string of the molecule is FC(F)c1cccnc1CCl. The summed E-state index contributed by atoms with van der Waals surface area (Å²) in [5.74, 6) is 0.0283. The molecule has 0 unspecified atom stereocenters. The highest BCUT2D eigenvalue weighted by Crippen LogP contribution is 2.21. The Morgan fingerprint density at radius 1 is 1.55 bits per heavy atom. The van der Waals surface area contributed by atoms with Gasteiger partial charge >= 0.3 is 0 Å². The molecule has 0 aromatic carbocycles. The molecule has 0 fully saturated rings. The van der Waals surface area contributed by atoms with E-state index in [1.807, 2.05) is 0 Å². The predicted octanol–water partition coefficient (Wildman–Crippen LogP) is 2.76. The molecule has 1 rings (SSSR count). The van der Waals surface area contributed by atoms with E-state index in [0.29, 0.717) is 0 Å². The van der Waals surface area contributed by atoms with Crippen LogP contribution in [-0.4, -0.2) is 4.98 Å². The molecule has 11 heavy (non-hydrogen) atoms. The summed E-state index contributed by atoms with van der Waals surface area (Å²) < 4.78 is 24.2. The first-order chi connectivity index (χ1) is 5.25. The molecule has 0 aliphatic carbocycles. The number of hydrogen-bond acceptors (Lipinski definition) is 1. The summed E-state index contributed by atoms with van der Waals surface area (Å²) in [5.41, 5.74) is 0.173. The van der Waals surface area contributed by atoms with Crippen LogP contribution >= 0.6 is 11.6 Å². The Hall–Kier alpha value is -0.700. The summed E-state index contributed by atoms with van der Waals surface area (Å²) in [7, 11) is 0. The number of halogens is 3. The van der Waals surface area contributed by atoms with Crippen LogP contribution in [0.2, 0.25) is 0 Å². The Morgan fingerprint density at radius 2 is 2.27 bits per heavy atom. The molecule has 0 saturated carbocycles. The Morgan fingerprint density at radius 3 is 2.73 bits per heavy atom. The van der Waals surface area contributed by atoms with Crippen LogP contribution in [0.5, 0.6) is 0 Å². The highest BCUT2D eigenvalue weighted by atomic mass is 35.5. The Labute approximate surface area is 68.0 Å². The number of hydrogen-bond donors (Lipinski definition) is 0. The van der Waals surface area contributed by atoms with E-state index < -0.39 is 6.43 Å². The molecule has 0 bridgehead atoms. The van der Waals surface area contributed by atoms with Gasteiger partial charge in [0.05, 0.1) is 11.6 Å². The lowest BCUT2D eigenvalue weighted by molar-refractivity contribution is 0.150. The van der Waals surface area contributed by atoms with Gasteiger partial charge in [-0.25, -0.2) is 8.78 Å². The van der Waals surface area contributed by atoms with Gasteiger partial charge in [-0.3, -0.25) is 4.98 Å². The maximum atomic E-state index is 12.1. The monoisotopic (exact) mass is 177 g/mol. The van der Waals surface area contributed by atoms with Crippen LogP contribution in [0.3, 0.4) is 0 Å². The molecule has 0 N–H and O–H groups in total. The highest BCUT2D eigenvalue weighted by Gasteiger charge is 2.11. The van der Waals surface area contributed by atoms with Crippen molar-refractivity contribution in [2.45, 2.75) is 12.3 Å². The zero-order chi connectivity index (χ0) is 8.27. The van der Waals surface area contributed by atoms with E-state index >= 15 is 0 Å². The van der Waals surface area contributed by atoms with Crippen LogP contribution in [0.1, 0.15) is 17.7 Å². The fourth-order valence-electron chi connectivity index (χ4n) is 0.761. The second-order valence-electron chi connectivity index (χ2n) is 1.97. The molecular weight excluding hydrogens is 172 g/mol. The van der Waals surface area contributed by atoms with Crippen molar-refractivity contribution in [2.24, 2.45) is 0 Å². The first-order valence-electron chi connectivity index (χ1n) is 3.03. The van der Waals surface area contributed by atoms with Crippen molar-refractivity contribution in [1.82, 2.24) is 4.98 Å². The van der Waals surface area contributed by atoms with Crippen LogP contribution in [0.4, 0.5) is 8.78 Å². The standard InChI is InChI=1S/C7H6ClF2N/c8-4-6-5(7(9)10)2-1-3-11-6/h1-3,7H,4H2. The van der Waals surface area contributed by atoms with Crippen molar-refractivity contribution in [1.29, 1.82) is 0 Å². The summed E-state index contributed by atoms with van der Waals surface area (Å²) in [5, 5.41) is 0. The third kappa shape index (κ3) is 1.87. The molecule has 0 aliphatic heterocycles. The maximum Gasteiger partial charge on any atom is 0.265 e. The minimum absolute atomic E-state index is 0.0283. The van der Waals surface area contributed by atoms with Gasteiger partial charge < -0.3 is 0 Å². The molecule has 0 saturated heterocycles. The van der Waals surface area contributed by atoms with E-state index in [2.05, 4.69) is 4.98 Å². The minimum Gasteiger partial charge on any atom is -0.260 e. The predicted molar refractivity (Wildman–Crippen MR) is 38.8 cm³/mol. The van der Waals surface area contributed by atoms with E-state index in [9.17, 15) is 8.78 Å². The van der Waals surface area contributed by atoms with Crippen LogP contribution in [0.15, 0.2) is 18.3 Å². The summed E-state index contributed by atoms with van der Waals surface area (Å²) in [6.45, 7) is 0. The Bertz CT molecular complexity index is 240. The van der Waals surface area contributed by atoms with Gasteiger partial charge in [0.2, 0.25) is 0 Å². The maximum absolute atomic E-state index is 12.1. The second kappa shape index (κ2) is 3.62. The number of alkyl halides is 3. The van der Waals surface area contributed by atoms with Gasteiger partial charge in [0.1, 0.15) is 0 Å². The van der Waals surface area contributed by atoms with Crippen molar-refractivity contribution in [2.75, 3.05) is 0 Å². The second-order valence-corrected chi connectivity index (χ2v) is 2.24. The van der Waals surface area contributed by atoms with Crippen LogP contribution in [0, 0.1) is 0 Å². The number of rotatable bonds is 2. The van der Waals surface area contributed by atoms with Gasteiger partial charge in [-0.1, -0.05) is 0 Å². The molecular formula is C7H6ClF2N. The van der Waals surface area contributed by atoms with Crippen molar-refractivity contribution < 1.29 is 8.78 Å². The van der Waals surface area contributed by atoms with Gasteiger partial charge in [0.15, 0.2) is 0 Å². The molecule has 1 aromatic rings. The van der Waals surface area contributed by atoms with E-state index in [0.717, 1.165) is 0 Å². The third-order valence-corrected chi connectivity index (χ3v) is 1.54. The topological polar surface area (TPSA) is 12.9 Å². The van der Waals surface area contributed by atoms with E-state index in [1.54, 1.807) is 0 Å². The van der Waals surface area contributed by atoms with Gasteiger partial charge in [-0.2, -0.15) is 0 Å². The summed E-state index contributed by atoms with van der Waals surface area (Å²) in [4.78, 5) is 3.71. The largest absolute Gasteiger partial charge is 0.265 e. The van der Waals surface area contributed by atoms with Crippen molar-refractivity contribution >= 4 is 11.6 Å². The van der Waals surface area contributed by atoms with E-state index in [1.165, 1.54) is 18.3 Å². The molecule has 0 atom stereocenters. The summed E-state index contributed by atoms with van der Waals surface area (Å²) in [6, 6.07) is 2.80. The van der Waals surface area contributed by atoms with Crippen LogP contribution < -0.4 is 0 Å². The first kappa shape index (κ1) is 8.40. The molecule has 1 nitrogen and oxygen atoms in total. The van der Waals surface area contributed by atoms with Gasteiger partial charge in [0, 0.05) is 11.8 Å². The summed E-state index contributed by atoms with van der Waals surface area (Å²) in [6.07, 6.45) is -1.04. The molecule has 0 spiro atoms. The Balaban J connectivity index is 3.02. The molecule has 1 aromatic heterocycles. The molecule has 60 valence electrons.